The molecule has 16 heavy (non-hydrogen) atoms. The molecule has 4 heteroatoms. The minimum absolute atomic E-state index is 0.0703. The zero-order chi connectivity index (χ0) is 11.7. The second kappa shape index (κ2) is 4.04. The predicted molar refractivity (Wildman–Crippen MR) is 59.5 cm³/mol. The first-order valence-corrected chi connectivity index (χ1v) is 5.26. The highest BCUT2D eigenvalue weighted by molar-refractivity contribution is 5.73. The lowest BCUT2D eigenvalue weighted by molar-refractivity contribution is -0.129. The van der Waals surface area contributed by atoms with Crippen LogP contribution in [-0.2, 0) is 17.8 Å². The van der Waals surface area contributed by atoms with Gasteiger partial charge in [0, 0.05) is 20.0 Å². The standard InChI is InChI=1S/C12H15NO3/c1-8(14)13-4-3-9-6-12(16-2)11(15)5-10(9)7-13/h5-6,15H,3-4,7H2,1-2H3. The first-order chi connectivity index (χ1) is 7.61. The minimum atomic E-state index is 0.0703. The van der Waals surface area contributed by atoms with E-state index in [1.54, 1.807) is 17.9 Å². The quantitative estimate of drug-likeness (QED) is 0.777. The monoisotopic (exact) mass is 221 g/mol. The van der Waals surface area contributed by atoms with Crippen LogP contribution in [0.15, 0.2) is 12.1 Å². The summed E-state index contributed by atoms with van der Waals surface area (Å²) in [4.78, 5) is 13.0. The Morgan fingerprint density at radius 2 is 2.19 bits per heavy atom. The number of carbonyl (C=O) groups is 1. The molecule has 4 nitrogen and oxygen atoms in total. The Bertz CT molecular complexity index is 429. The lowest BCUT2D eigenvalue weighted by atomic mass is 9.99. The summed E-state index contributed by atoms with van der Waals surface area (Å²) >= 11 is 0. The fraction of sp³-hybridized carbons (Fsp3) is 0.417. The van der Waals surface area contributed by atoms with E-state index in [1.165, 1.54) is 7.11 Å². The molecule has 1 N–H and O–H groups in total. The van der Waals surface area contributed by atoms with Gasteiger partial charge >= 0.3 is 0 Å². The highest BCUT2D eigenvalue weighted by atomic mass is 16.5. The van der Waals surface area contributed by atoms with Crippen molar-refractivity contribution in [3.8, 4) is 11.5 Å². The first-order valence-electron chi connectivity index (χ1n) is 5.26. The molecule has 86 valence electrons. The maximum atomic E-state index is 11.3. The molecule has 0 aliphatic carbocycles. The Morgan fingerprint density at radius 3 is 2.81 bits per heavy atom. The maximum Gasteiger partial charge on any atom is 0.219 e. The molecule has 1 amide bonds. The Labute approximate surface area is 94.4 Å². The largest absolute Gasteiger partial charge is 0.504 e. The molecule has 0 atom stereocenters. The molecule has 0 spiro atoms. The molecular weight excluding hydrogens is 206 g/mol. The highest BCUT2D eigenvalue weighted by Crippen LogP contribution is 2.32. The van der Waals surface area contributed by atoms with Gasteiger partial charge in [-0.1, -0.05) is 0 Å². The van der Waals surface area contributed by atoms with E-state index in [1.807, 2.05) is 6.07 Å². The summed E-state index contributed by atoms with van der Waals surface area (Å²) in [6, 6.07) is 3.53. The van der Waals surface area contributed by atoms with Gasteiger partial charge in [0.05, 0.1) is 7.11 Å². The number of nitrogens with zero attached hydrogens (tertiary/aromatic N) is 1. The maximum absolute atomic E-state index is 11.3. The predicted octanol–water partition coefficient (Wildman–Crippen LogP) is 1.31. The first kappa shape index (κ1) is 10.8. The van der Waals surface area contributed by atoms with Crippen LogP contribution in [0.1, 0.15) is 18.1 Å². The van der Waals surface area contributed by atoms with Crippen molar-refractivity contribution in [3.05, 3.63) is 23.3 Å². The molecule has 1 aromatic rings. The van der Waals surface area contributed by atoms with Gasteiger partial charge in [0.25, 0.3) is 0 Å². The third kappa shape index (κ3) is 1.83. The van der Waals surface area contributed by atoms with Gasteiger partial charge in [-0.2, -0.15) is 0 Å². The number of hydrogen-bond donors (Lipinski definition) is 1. The molecule has 2 rings (SSSR count). The number of hydrogen-bond acceptors (Lipinski definition) is 3. The number of phenols is 1. The Morgan fingerprint density at radius 1 is 1.44 bits per heavy atom. The van der Waals surface area contributed by atoms with Crippen LogP contribution in [-0.4, -0.2) is 29.6 Å². The van der Waals surface area contributed by atoms with E-state index in [0.717, 1.165) is 24.1 Å². The van der Waals surface area contributed by atoms with Crippen LogP contribution < -0.4 is 4.74 Å². The van der Waals surface area contributed by atoms with Crippen molar-refractivity contribution in [1.29, 1.82) is 0 Å². The summed E-state index contributed by atoms with van der Waals surface area (Å²) in [5.74, 6) is 0.697. The highest BCUT2D eigenvalue weighted by Gasteiger charge is 2.20. The van der Waals surface area contributed by atoms with Crippen molar-refractivity contribution in [3.63, 3.8) is 0 Å². The number of benzene rings is 1. The van der Waals surface area contributed by atoms with E-state index in [4.69, 9.17) is 4.74 Å². The molecule has 1 aliphatic rings. The van der Waals surface area contributed by atoms with E-state index in [-0.39, 0.29) is 11.7 Å². The Balaban J connectivity index is 2.33. The van der Waals surface area contributed by atoms with Gasteiger partial charge in [0.2, 0.25) is 5.91 Å². The zero-order valence-corrected chi connectivity index (χ0v) is 9.49. The van der Waals surface area contributed by atoms with Gasteiger partial charge in [0.15, 0.2) is 11.5 Å². The molecule has 0 radical (unpaired) electrons. The van der Waals surface area contributed by atoms with Crippen molar-refractivity contribution in [1.82, 2.24) is 4.90 Å². The van der Waals surface area contributed by atoms with Gasteiger partial charge in [-0.25, -0.2) is 0 Å². The number of fused-ring (bicyclic) bond motifs is 1. The summed E-state index contributed by atoms with van der Waals surface area (Å²) in [5.41, 5.74) is 2.15. The minimum Gasteiger partial charge on any atom is -0.504 e. The van der Waals surface area contributed by atoms with Crippen LogP contribution in [0.4, 0.5) is 0 Å². The van der Waals surface area contributed by atoms with Crippen molar-refractivity contribution in [2.45, 2.75) is 19.9 Å². The zero-order valence-electron chi connectivity index (χ0n) is 9.49. The molecule has 0 aromatic heterocycles. The second-order valence-corrected chi connectivity index (χ2v) is 3.98. The van der Waals surface area contributed by atoms with Gasteiger partial charge in [-0.3, -0.25) is 4.79 Å². The average molecular weight is 221 g/mol. The molecule has 0 saturated carbocycles. The summed E-state index contributed by atoms with van der Waals surface area (Å²) in [6.07, 6.45) is 0.811. The number of methoxy groups -OCH3 is 1. The molecule has 1 aliphatic heterocycles. The normalized spacial score (nSPS) is 14.5. The molecular formula is C12H15NO3. The molecule has 0 unspecified atom stereocenters. The van der Waals surface area contributed by atoms with Crippen LogP contribution >= 0.6 is 0 Å². The fourth-order valence-electron chi connectivity index (χ4n) is 2.01. The number of carbonyl (C=O) groups excluding carboxylic acids is 1. The third-order valence-electron chi connectivity index (χ3n) is 2.96. The number of amides is 1. The van der Waals surface area contributed by atoms with Crippen LogP contribution in [0.5, 0.6) is 11.5 Å². The fourth-order valence-corrected chi connectivity index (χ4v) is 2.01. The van der Waals surface area contributed by atoms with Gasteiger partial charge in [-0.05, 0) is 29.7 Å². The summed E-state index contributed by atoms with van der Waals surface area (Å²) in [7, 11) is 1.53. The molecule has 0 fully saturated rings. The smallest absolute Gasteiger partial charge is 0.219 e. The lowest BCUT2D eigenvalue weighted by Gasteiger charge is -2.28. The average Bonchev–Trinajstić information content (AvgIpc) is 2.27. The third-order valence-corrected chi connectivity index (χ3v) is 2.96. The SMILES string of the molecule is COc1cc2c(cc1O)CN(C(C)=O)CC2. The number of ether oxygens (including phenoxy) is 1. The van der Waals surface area contributed by atoms with Gasteiger partial charge < -0.3 is 14.7 Å². The molecule has 0 bridgehead atoms. The van der Waals surface area contributed by atoms with Crippen LogP contribution in [0.2, 0.25) is 0 Å². The van der Waals surface area contributed by atoms with Crippen molar-refractivity contribution >= 4 is 5.91 Å². The number of phenolic OH excluding ortho intramolecular Hbond substituents is 1. The van der Waals surface area contributed by atoms with Crippen molar-refractivity contribution in [2.24, 2.45) is 0 Å². The number of rotatable bonds is 1. The van der Waals surface area contributed by atoms with E-state index in [2.05, 4.69) is 0 Å². The van der Waals surface area contributed by atoms with E-state index in [0.29, 0.717) is 12.3 Å². The van der Waals surface area contributed by atoms with Crippen LogP contribution in [0.3, 0.4) is 0 Å². The van der Waals surface area contributed by atoms with E-state index < -0.39 is 0 Å². The van der Waals surface area contributed by atoms with Crippen molar-refractivity contribution in [2.75, 3.05) is 13.7 Å². The molecule has 1 aromatic carbocycles. The van der Waals surface area contributed by atoms with Crippen molar-refractivity contribution < 1.29 is 14.6 Å². The molecule has 0 saturated heterocycles. The second-order valence-electron chi connectivity index (χ2n) is 3.98. The topological polar surface area (TPSA) is 49.8 Å². The van der Waals surface area contributed by atoms with E-state index in [9.17, 15) is 9.90 Å². The van der Waals surface area contributed by atoms with E-state index >= 15 is 0 Å². The van der Waals surface area contributed by atoms with Gasteiger partial charge in [-0.15, -0.1) is 0 Å². The van der Waals surface area contributed by atoms with Crippen LogP contribution in [0.25, 0.3) is 0 Å². The van der Waals surface area contributed by atoms with Gasteiger partial charge in [0.1, 0.15) is 0 Å². The summed E-state index contributed by atoms with van der Waals surface area (Å²) in [5, 5.41) is 9.66. The Hall–Kier alpha value is -1.71. The summed E-state index contributed by atoms with van der Waals surface area (Å²) in [6.45, 7) is 2.87. The Kier molecular flexibility index (Phi) is 2.73. The lowest BCUT2D eigenvalue weighted by Crippen LogP contribution is -2.34. The van der Waals surface area contributed by atoms with Crippen LogP contribution in [0, 0.1) is 0 Å². The summed E-state index contributed by atoms with van der Waals surface area (Å²) < 4.78 is 5.05. The number of aromatic hydroxyl groups is 1. The molecule has 1 heterocycles.